The molecule has 1 aliphatic heterocycles. The molecule has 2 nitrogen and oxygen atoms in total. The first kappa shape index (κ1) is 10.8. The maximum absolute atomic E-state index is 2.46. The first-order chi connectivity index (χ1) is 7.29. The molecule has 0 aromatic heterocycles. The molecule has 1 fully saturated rings. The van der Waals surface area contributed by atoms with Crippen LogP contribution in [0.3, 0.4) is 0 Å². The number of aryl methyl sites for hydroxylation is 1. The Morgan fingerprint density at radius 2 is 1.60 bits per heavy atom. The lowest BCUT2D eigenvalue weighted by Gasteiger charge is -2.34. The standard InChI is InChI=1S/C12H18N2S/c1-11-3-5-12(6-4-11)13-7-9-14(15-2)10-8-13/h3-6H,7-10H2,1-2H3. The van der Waals surface area contributed by atoms with E-state index in [2.05, 4.69) is 46.7 Å². The van der Waals surface area contributed by atoms with Crippen LogP contribution in [0.25, 0.3) is 0 Å². The first-order valence-electron chi connectivity index (χ1n) is 5.40. The van der Waals surface area contributed by atoms with Crippen LogP contribution in [0.2, 0.25) is 0 Å². The molecular weight excluding hydrogens is 204 g/mol. The lowest BCUT2D eigenvalue weighted by atomic mass is 10.2. The highest BCUT2D eigenvalue weighted by Crippen LogP contribution is 2.18. The van der Waals surface area contributed by atoms with Gasteiger partial charge >= 0.3 is 0 Å². The number of nitrogens with zero attached hydrogens (tertiary/aromatic N) is 2. The zero-order chi connectivity index (χ0) is 10.7. The van der Waals surface area contributed by atoms with Crippen molar-refractivity contribution in [1.29, 1.82) is 0 Å². The third-order valence-electron chi connectivity index (χ3n) is 2.90. The van der Waals surface area contributed by atoms with E-state index in [0.717, 1.165) is 26.2 Å². The summed E-state index contributed by atoms with van der Waals surface area (Å²) in [7, 11) is 0. The summed E-state index contributed by atoms with van der Waals surface area (Å²) in [5.74, 6) is 0. The third kappa shape index (κ3) is 2.67. The van der Waals surface area contributed by atoms with Crippen molar-refractivity contribution in [2.75, 3.05) is 37.3 Å². The van der Waals surface area contributed by atoms with Crippen LogP contribution < -0.4 is 4.90 Å². The lowest BCUT2D eigenvalue weighted by Crippen LogP contribution is -2.43. The van der Waals surface area contributed by atoms with Crippen molar-refractivity contribution in [3.63, 3.8) is 0 Å². The van der Waals surface area contributed by atoms with Gasteiger partial charge in [0.2, 0.25) is 0 Å². The molecule has 82 valence electrons. The van der Waals surface area contributed by atoms with Crippen molar-refractivity contribution in [3.8, 4) is 0 Å². The molecule has 0 aliphatic carbocycles. The molecule has 1 saturated heterocycles. The van der Waals surface area contributed by atoms with E-state index in [1.54, 1.807) is 0 Å². The third-order valence-corrected chi connectivity index (χ3v) is 3.78. The Kier molecular flexibility index (Phi) is 3.54. The van der Waals surface area contributed by atoms with Gasteiger partial charge in [0.15, 0.2) is 0 Å². The van der Waals surface area contributed by atoms with E-state index in [-0.39, 0.29) is 0 Å². The van der Waals surface area contributed by atoms with Crippen molar-refractivity contribution in [1.82, 2.24) is 4.31 Å². The van der Waals surface area contributed by atoms with Gasteiger partial charge in [-0.2, -0.15) is 0 Å². The van der Waals surface area contributed by atoms with Gasteiger partial charge in [0.1, 0.15) is 0 Å². The predicted molar refractivity (Wildman–Crippen MR) is 68.5 cm³/mol. The average molecular weight is 222 g/mol. The van der Waals surface area contributed by atoms with Crippen LogP contribution in [0.5, 0.6) is 0 Å². The first-order valence-corrected chi connectivity index (χ1v) is 6.58. The Morgan fingerprint density at radius 3 is 2.13 bits per heavy atom. The fourth-order valence-electron chi connectivity index (χ4n) is 1.88. The normalized spacial score (nSPS) is 18.1. The maximum atomic E-state index is 2.46. The molecule has 0 saturated carbocycles. The number of benzene rings is 1. The van der Waals surface area contributed by atoms with E-state index in [9.17, 15) is 0 Å². The van der Waals surface area contributed by atoms with Crippen LogP contribution in [-0.4, -0.2) is 36.7 Å². The summed E-state index contributed by atoms with van der Waals surface area (Å²) in [6.45, 7) is 6.74. The summed E-state index contributed by atoms with van der Waals surface area (Å²) in [4.78, 5) is 2.46. The molecule has 0 spiro atoms. The van der Waals surface area contributed by atoms with E-state index in [1.807, 2.05) is 11.9 Å². The highest BCUT2D eigenvalue weighted by molar-refractivity contribution is 7.96. The quantitative estimate of drug-likeness (QED) is 0.710. The second kappa shape index (κ2) is 4.90. The molecule has 0 radical (unpaired) electrons. The van der Waals surface area contributed by atoms with Crippen molar-refractivity contribution >= 4 is 17.6 Å². The van der Waals surface area contributed by atoms with Gasteiger partial charge in [-0.1, -0.05) is 29.6 Å². The molecule has 1 aromatic rings. The van der Waals surface area contributed by atoms with Crippen LogP contribution in [-0.2, 0) is 0 Å². The Morgan fingerprint density at radius 1 is 1.00 bits per heavy atom. The minimum atomic E-state index is 1.14. The predicted octanol–water partition coefficient (Wildman–Crippen LogP) is 2.40. The minimum Gasteiger partial charge on any atom is -0.369 e. The van der Waals surface area contributed by atoms with Gasteiger partial charge in [0.05, 0.1) is 0 Å². The van der Waals surface area contributed by atoms with Crippen molar-refractivity contribution in [2.24, 2.45) is 0 Å². The molecule has 0 atom stereocenters. The Bertz CT molecular complexity index is 302. The highest BCUT2D eigenvalue weighted by atomic mass is 32.2. The number of hydrogen-bond donors (Lipinski definition) is 0. The molecule has 0 bridgehead atoms. The molecule has 3 heteroatoms. The zero-order valence-electron chi connectivity index (χ0n) is 9.44. The van der Waals surface area contributed by atoms with Crippen LogP contribution in [0.15, 0.2) is 24.3 Å². The molecule has 0 unspecified atom stereocenters. The molecular formula is C12H18N2S. The van der Waals surface area contributed by atoms with Gasteiger partial charge in [0.25, 0.3) is 0 Å². The second-order valence-electron chi connectivity index (χ2n) is 3.93. The van der Waals surface area contributed by atoms with Gasteiger partial charge in [-0.25, -0.2) is 4.31 Å². The summed E-state index contributed by atoms with van der Waals surface area (Å²) in [6.07, 6.45) is 2.15. The molecule has 1 aromatic carbocycles. The van der Waals surface area contributed by atoms with Crippen molar-refractivity contribution in [3.05, 3.63) is 29.8 Å². The van der Waals surface area contributed by atoms with E-state index >= 15 is 0 Å². The van der Waals surface area contributed by atoms with Crippen molar-refractivity contribution < 1.29 is 0 Å². The monoisotopic (exact) mass is 222 g/mol. The largest absolute Gasteiger partial charge is 0.369 e. The smallest absolute Gasteiger partial charge is 0.0367 e. The topological polar surface area (TPSA) is 6.48 Å². The number of anilines is 1. The Hall–Kier alpha value is -0.670. The Labute approximate surface area is 96.4 Å². The molecule has 1 heterocycles. The van der Waals surface area contributed by atoms with Gasteiger partial charge in [-0.15, -0.1) is 0 Å². The van der Waals surface area contributed by atoms with E-state index in [0.29, 0.717) is 0 Å². The number of rotatable bonds is 2. The molecule has 0 amide bonds. The zero-order valence-corrected chi connectivity index (χ0v) is 10.3. The average Bonchev–Trinajstić information content (AvgIpc) is 2.30. The molecule has 0 N–H and O–H groups in total. The van der Waals surface area contributed by atoms with Crippen LogP contribution >= 0.6 is 11.9 Å². The molecule has 1 aliphatic rings. The summed E-state index contributed by atoms with van der Waals surface area (Å²) >= 11 is 1.85. The number of hydrogen-bond acceptors (Lipinski definition) is 3. The van der Waals surface area contributed by atoms with Crippen LogP contribution in [0.1, 0.15) is 5.56 Å². The fraction of sp³-hybridized carbons (Fsp3) is 0.500. The van der Waals surface area contributed by atoms with Crippen LogP contribution in [0.4, 0.5) is 5.69 Å². The maximum Gasteiger partial charge on any atom is 0.0367 e. The van der Waals surface area contributed by atoms with Crippen LogP contribution in [0, 0.1) is 6.92 Å². The molecule has 15 heavy (non-hydrogen) atoms. The number of piperazine rings is 1. The molecule has 2 rings (SSSR count). The lowest BCUT2D eigenvalue weighted by molar-refractivity contribution is 0.431. The van der Waals surface area contributed by atoms with Gasteiger partial charge in [0, 0.05) is 31.9 Å². The van der Waals surface area contributed by atoms with Gasteiger partial charge in [-0.05, 0) is 25.3 Å². The second-order valence-corrected chi connectivity index (χ2v) is 4.82. The SMILES string of the molecule is CSN1CCN(c2ccc(C)cc2)CC1. The summed E-state index contributed by atoms with van der Waals surface area (Å²) in [6, 6.07) is 8.83. The minimum absolute atomic E-state index is 1.14. The van der Waals surface area contributed by atoms with E-state index in [4.69, 9.17) is 0 Å². The van der Waals surface area contributed by atoms with E-state index < -0.39 is 0 Å². The van der Waals surface area contributed by atoms with Crippen molar-refractivity contribution in [2.45, 2.75) is 6.92 Å². The van der Waals surface area contributed by atoms with Gasteiger partial charge < -0.3 is 4.90 Å². The Balaban J connectivity index is 1.98. The highest BCUT2D eigenvalue weighted by Gasteiger charge is 2.15. The summed E-state index contributed by atoms with van der Waals surface area (Å²) < 4.78 is 2.42. The fourth-order valence-corrected chi connectivity index (χ4v) is 2.41. The summed E-state index contributed by atoms with van der Waals surface area (Å²) in [5.41, 5.74) is 2.70. The van der Waals surface area contributed by atoms with Gasteiger partial charge in [-0.3, -0.25) is 0 Å². The summed E-state index contributed by atoms with van der Waals surface area (Å²) in [5, 5.41) is 0. The van der Waals surface area contributed by atoms with E-state index in [1.165, 1.54) is 11.3 Å².